The molecule has 0 spiro atoms. The molecule has 2 heterocycles. The summed E-state index contributed by atoms with van der Waals surface area (Å²) < 4.78 is 12.5. The monoisotopic (exact) mass is 331 g/mol. The summed E-state index contributed by atoms with van der Waals surface area (Å²) in [6, 6.07) is 7.33. The van der Waals surface area contributed by atoms with Crippen molar-refractivity contribution in [1.82, 2.24) is 20.3 Å². The van der Waals surface area contributed by atoms with Crippen molar-refractivity contribution in [1.29, 1.82) is 0 Å². The van der Waals surface area contributed by atoms with Crippen molar-refractivity contribution in [2.45, 2.75) is 25.9 Å². The van der Waals surface area contributed by atoms with Gasteiger partial charge in [-0.3, -0.25) is 4.79 Å². The van der Waals surface area contributed by atoms with Crippen molar-refractivity contribution in [3.8, 4) is 11.4 Å². The zero-order valence-electron chi connectivity index (χ0n) is 13.6. The van der Waals surface area contributed by atoms with Gasteiger partial charge in [0.2, 0.25) is 0 Å². The first-order valence-corrected chi connectivity index (χ1v) is 8.04. The number of hydrogen-bond acceptors (Lipinski definition) is 6. The van der Waals surface area contributed by atoms with E-state index in [0.717, 1.165) is 19.4 Å². The fraction of sp³-hybridized carbons (Fsp3) is 0.438. The van der Waals surface area contributed by atoms with E-state index in [0.29, 0.717) is 24.6 Å². The Kier molecular flexibility index (Phi) is 4.95. The summed E-state index contributed by atoms with van der Waals surface area (Å²) in [6.07, 6.45) is 2.03. The van der Waals surface area contributed by atoms with Crippen LogP contribution in [0.15, 0.2) is 24.3 Å². The van der Waals surface area contributed by atoms with Gasteiger partial charge in [0.15, 0.2) is 11.5 Å². The van der Waals surface area contributed by atoms with Gasteiger partial charge in [-0.2, -0.15) is 4.68 Å². The van der Waals surface area contributed by atoms with Crippen molar-refractivity contribution < 1.29 is 14.3 Å². The Balaban J connectivity index is 1.77. The number of anilines is 1. The quantitative estimate of drug-likeness (QED) is 0.823. The molecule has 2 aromatic rings. The zero-order valence-corrected chi connectivity index (χ0v) is 13.6. The van der Waals surface area contributed by atoms with Gasteiger partial charge in [-0.25, -0.2) is 0 Å². The van der Waals surface area contributed by atoms with E-state index in [1.165, 1.54) is 4.68 Å². The lowest BCUT2D eigenvalue weighted by atomic mass is 10.2. The van der Waals surface area contributed by atoms with Gasteiger partial charge < -0.3 is 20.5 Å². The molecule has 1 atom stereocenters. The number of nitrogens with one attached hydrogen (secondary N) is 1. The SMILES string of the molecule is CCOc1ccccc1-n1nnc(C(=O)NC[C@@H]2CCCO2)c1N. The number of aromatic nitrogens is 3. The average Bonchev–Trinajstić information content (AvgIpc) is 3.23. The normalized spacial score (nSPS) is 17.0. The molecule has 0 unspecified atom stereocenters. The van der Waals surface area contributed by atoms with Crippen LogP contribution in [0, 0.1) is 0 Å². The number of carbonyl (C=O) groups is 1. The van der Waals surface area contributed by atoms with E-state index in [4.69, 9.17) is 15.2 Å². The Morgan fingerprint density at radius 1 is 1.50 bits per heavy atom. The predicted octanol–water partition coefficient (Wildman–Crippen LogP) is 1.16. The zero-order chi connectivity index (χ0) is 16.9. The molecule has 0 bridgehead atoms. The molecule has 8 nitrogen and oxygen atoms in total. The second kappa shape index (κ2) is 7.31. The van der Waals surface area contributed by atoms with Crippen LogP contribution in [-0.2, 0) is 4.74 Å². The number of carbonyl (C=O) groups excluding carboxylic acids is 1. The molecule has 1 amide bonds. The number of ether oxygens (including phenoxy) is 2. The number of nitrogens with two attached hydrogens (primary N) is 1. The Morgan fingerprint density at radius 2 is 2.33 bits per heavy atom. The number of rotatable bonds is 6. The van der Waals surface area contributed by atoms with E-state index in [1.54, 1.807) is 0 Å². The van der Waals surface area contributed by atoms with Gasteiger partial charge in [0.05, 0.1) is 12.7 Å². The standard InChI is InChI=1S/C16H21N5O3/c1-2-23-13-8-4-3-7-12(13)21-15(17)14(19-20-21)16(22)18-10-11-6-5-9-24-11/h3-4,7-8,11H,2,5-6,9-10,17H2,1H3,(H,18,22)/t11-/m0/s1. The number of hydrogen-bond donors (Lipinski definition) is 2. The first-order valence-electron chi connectivity index (χ1n) is 8.04. The fourth-order valence-corrected chi connectivity index (χ4v) is 2.63. The third kappa shape index (κ3) is 3.33. The Hall–Kier alpha value is -2.61. The largest absolute Gasteiger partial charge is 0.492 e. The maximum atomic E-state index is 12.3. The number of benzene rings is 1. The lowest BCUT2D eigenvalue weighted by Crippen LogP contribution is -2.32. The fourth-order valence-electron chi connectivity index (χ4n) is 2.63. The van der Waals surface area contributed by atoms with Gasteiger partial charge in [-0.1, -0.05) is 17.3 Å². The number of amides is 1. The van der Waals surface area contributed by atoms with Crippen LogP contribution in [0.25, 0.3) is 5.69 Å². The summed E-state index contributed by atoms with van der Waals surface area (Å²) in [7, 11) is 0. The van der Waals surface area contributed by atoms with Crippen LogP contribution in [0.3, 0.4) is 0 Å². The summed E-state index contributed by atoms with van der Waals surface area (Å²) in [5.74, 6) is 0.443. The smallest absolute Gasteiger partial charge is 0.275 e. The molecule has 8 heteroatoms. The van der Waals surface area contributed by atoms with Crippen molar-refractivity contribution in [2.75, 3.05) is 25.5 Å². The van der Waals surface area contributed by atoms with Crippen LogP contribution in [0.1, 0.15) is 30.3 Å². The second-order valence-corrected chi connectivity index (χ2v) is 5.48. The predicted molar refractivity (Wildman–Crippen MR) is 88.2 cm³/mol. The Bertz CT molecular complexity index is 709. The molecular formula is C16H21N5O3. The minimum Gasteiger partial charge on any atom is -0.492 e. The summed E-state index contributed by atoms with van der Waals surface area (Å²) in [5, 5.41) is 10.7. The molecule has 1 aromatic carbocycles. The third-order valence-electron chi connectivity index (χ3n) is 3.83. The average molecular weight is 331 g/mol. The molecule has 128 valence electrons. The molecule has 0 radical (unpaired) electrons. The molecule has 1 aliphatic heterocycles. The lowest BCUT2D eigenvalue weighted by molar-refractivity contribution is 0.0854. The van der Waals surface area contributed by atoms with Crippen molar-refractivity contribution >= 4 is 11.7 Å². The number of nitrogens with zero attached hydrogens (tertiary/aromatic N) is 3. The van der Waals surface area contributed by atoms with Crippen LogP contribution < -0.4 is 15.8 Å². The molecule has 1 fully saturated rings. The molecular weight excluding hydrogens is 310 g/mol. The van der Waals surface area contributed by atoms with Crippen molar-refractivity contribution in [3.63, 3.8) is 0 Å². The van der Waals surface area contributed by atoms with Gasteiger partial charge >= 0.3 is 0 Å². The Labute approximate surface area is 139 Å². The minimum atomic E-state index is -0.358. The second-order valence-electron chi connectivity index (χ2n) is 5.48. The number of nitrogen functional groups attached to an aromatic ring is 1. The van der Waals surface area contributed by atoms with E-state index in [2.05, 4.69) is 15.6 Å². The Morgan fingerprint density at radius 3 is 3.08 bits per heavy atom. The molecule has 24 heavy (non-hydrogen) atoms. The molecule has 1 aliphatic rings. The van der Waals surface area contributed by atoms with Crippen molar-refractivity contribution in [2.24, 2.45) is 0 Å². The lowest BCUT2D eigenvalue weighted by Gasteiger charge is -2.11. The van der Waals surface area contributed by atoms with Crippen LogP contribution in [0.5, 0.6) is 5.75 Å². The van der Waals surface area contributed by atoms with Crippen LogP contribution in [-0.4, -0.2) is 46.8 Å². The van der Waals surface area contributed by atoms with Gasteiger partial charge in [0, 0.05) is 13.2 Å². The summed E-state index contributed by atoms with van der Waals surface area (Å²) >= 11 is 0. The highest BCUT2D eigenvalue weighted by Crippen LogP contribution is 2.25. The van der Waals surface area contributed by atoms with Crippen LogP contribution in [0.2, 0.25) is 0 Å². The highest BCUT2D eigenvalue weighted by atomic mass is 16.5. The van der Waals surface area contributed by atoms with Gasteiger partial charge in [0.1, 0.15) is 11.4 Å². The van der Waals surface area contributed by atoms with Gasteiger partial charge in [-0.15, -0.1) is 5.10 Å². The highest BCUT2D eigenvalue weighted by molar-refractivity contribution is 5.96. The maximum absolute atomic E-state index is 12.3. The maximum Gasteiger partial charge on any atom is 0.275 e. The molecule has 0 saturated carbocycles. The van der Waals surface area contributed by atoms with E-state index >= 15 is 0 Å². The molecule has 1 saturated heterocycles. The van der Waals surface area contributed by atoms with Crippen LogP contribution in [0.4, 0.5) is 5.82 Å². The summed E-state index contributed by atoms with van der Waals surface area (Å²) in [5.41, 5.74) is 6.81. The minimum absolute atomic E-state index is 0.0592. The number of para-hydroxylation sites is 2. The topological polar surface area (TPSA) is 104 Å². The highest BCUT2D eigenvalue weighted by Gasteiger charge is 2.22. The third-order valence-corrected chi connectivity index (χ3v) is 3.83. The first-order chi connectivity index (χ1) is 11.7. The van der Waals surface area contributed by atoms with E-state index in [9.17, 15) is 4.79 Å². The molecule has 0 aliphatic carbocycles. The van der Waals surface area contributed by atoms with Crippen LogP contribution >= 0.6 is 0 Å². The molecule has 3 rings (SSSR count). The summed E-state index contributed by atoms with van der Waals surface area (Å²) in [6.45, 7) is 3.60. The van der Waals surface area contributed by atoms with E-state index in [1.807, 2.05) is 31.2 Å². The van der Waals surface area contributed by atoms with Gasteiger partial charge in [0.25, 0.3) is 5.91 Å². The van der Waals surface area contributed by atoms with Crippen molar-refractivity contribution in [3.05, 3.63) is 30.0 Å². The van der Waals surface area contributed by atoms with E-state index in [-0.39, 0.29) is 23.5 Å². The van der Waals surface area contributed by atoms with Gasteiger partial charge in [-0.05, 0) is 31.9 Å². The summed E-state index contributed by atoms with van der Waals surface area (Å²) in [4.78, 5) is 12.3. The molecule has 3 N–H and O–H groups in total. The molecule has 1 aromatic heterocycles. The van der Waals surface area contributed by atoms with E-state index < -0.39 is 0 Å². The first kappa shape index (κ1) is 16.3.